The van der Waals surface area contributed by atoms with Gasteiger partial charge in [-0.3, -0.25) is 4.79 Å². The van der Waals surface area contributed by atoms with Crippen LogP contribution in [-0.2, 0) is 4.79 Å². The van der Waals surface area contributed by atoms with Crippen molar-refractivity contribution in [2.24, 2.45) is 0 Å². The Morgan fingerprint density at radius 2 is 2.11 bits per heavy atom. The number of hydrogen-bond acceptors (Lipinski definition) is 2. The zero-order chi connectivity index (χ0) is 13.8. The summed E-state index contributed by atoms with van der Waals surface area (Å²) in [6, 6.07) is 9.46. The van der Waals surface area contributed by atoms with Gasteiger partial charge in [0.25, 0.3) is 0 Å². The number of nitrogens with one attached hydrogen (secondary N) is 1. The standard InChI is InChI=1S/C15H15ClN2O/c1-10(2)17-15(19)8-6-13-5-3-11-9-12(16)4-7-14(11)18-13/h3-10H,1-2H3,(H,17,19)/b8-6+. The molecule has 1 heterocycles. The molecule has 0 bridgehead atoms. The Labute approximate surface area is 117 Å². The van der Waals surface area contributed by atoms with Crippen LogP contribution in [0.4, 0.5) is 0 Å². The van der Waals surface area contributed by atoms with Crippen molar-refractivity contribution in [2.75, 3.05) is 0 Å². The largest absolute Gasteiger partial charge is 0.350 e. The Hall–Kier alpha value is -1.87. The molecule has 2 aromatic rings. The van der Waals surface area contributed by atoms with Crippen molar-refractivity contribution in [3.8, 4) is 0 Å². The van der Waals surface area contributed by atoms with Gasteiger partial charge in [-0.25, -0.2) is 4.98 Å². The first-order chi connectivity index (χ1) is 9.04. The molecule has 1 amide bonds. The van der Waals surface area contributed by atoms with Crippen molar-refractivity contribution >= 4 is 34.5 Å². The zero-order valence-corrected chi connectivity index (χ0v) is 11.6. The molecule has 19 heavy (non-hydrogen) atoms. The quantitative estimate of drug-likeness (QED) is 0.872. The van der Waals surface area contributed by atoms with E-state index in [1.54, 1.807) is 12.1 Å². The second-order valence-corrected chi connectivity index (χ2v) is 5.01. The fourth-order valence-electron chi connectivity index (χ4n) is 1.70. The monoisotopic (exact) mass is 274 g/mol. The fraction of sp³-hybridized carbons (Fsp3) is 0.200. The highest BCUT2D eigenvalue weighted by Gasteiger charge is 2.00. The minimum atomic E-state index is -0.118. The first kappa shape index (κ1) is 13.6. The van der Waals surface area contributed by atoms with Crippen molar-refractivity contribution in [3.63, 3.8) is 0 Å². The molecule has 98 valence electrons. The highest BCUT2D eigenvalue weighted by Crippen LogP contribution is 2.18. The number of carbonyl (C=O) groups excluding carboxylic acids is 1. The lowest BCUT2D eigenvalue weighted by Crippen LogP contribution is -2.28. The van der Waals surface area contributed by atoms with Crippen molar-refractivity contribution < 1.29 is 4.79 Å². The van der Waals surface area contributed by atoms with Gasteiger partial charge in [0.1, 0.15) is 0 Å². The van der Waals surface area contributed by atoms with E-state index in [1.807, 2.05) is 38.1 Å². The van der Waals surface area contributed by atoms with Gasteiger partial charge in [0.05, 0.1) is 11.2 Å². The molecular formula is C15H15ClN2O. The molecule has 0 fully saturated rings. The maximum absolute atomic E-state index is 11.5. The average molecular weight is 275 g/mol. The van der Waals surface area contributed by atoms with E-state index in [4.69, 9.17) is 11.6 Å². The number of nitrogens with zero attached hydrogens (tertiary/aromatic N) is 1. The van der Waals surface area contributed by atoms with Gasteiger partial charge in [-0.05, 0) is 44.2 Å². The van der Waals surface area contributed by atoms with Crippen LogP contribution in [0, 0.1) is 0 Å². The van der Waals surface area contributed by atoms with Crippen molar-refractivity contribution in [3.05, 3.63) is 47.1 Å². The maximum Gasteiger partial charge on any atom is 0.244 e. The van der Waals surface area contributed by atoms with Crippen LogP contribution in [0.5, 0.6) is 0 Å². The van der Waals surface area contributed by atoms with Gasteiger partial charge in [-0.15, -0.1) is 0 Å². The number of pyridine rings is 1. The lowest BCUT2D eigenvalue weighted by molar-refractivity contribution is -0.116. The predicted molar refractivity (Wildman–Crippen MR) is 79.1 cm³/mol. The van der Waals surface area contributed by atoms with Gasteiger partial charge in [0.2, 0.25) is 5.91 Å². The summed E-state index contributed by atoms with van der Waals surface area (Å²) in [7, 11) is 0. The Balaban J connectivity index is 2.20. The summed E-state index contributed by atoms with van der Waals surface area (Å²) in [5, 5.41) is 4.46. The summed E-state index contributed by atoms with van der Waals surface area (Å²) in [4.78, 5) is 15.9. The molecule has 3 nitrogen and oxygen atoms in total. The highest BCUT2D eigenvalue weighted by molar-refractivity contribution is 6.31. The molecule has 0 spiro atoms. The number of halogens is 1. The third-order valence-corrected chi connectivity index (χ3v) is 2.74. The molecule has 4 heteroatoms. The van der Waals surface area contributed by atoms with Crippen LogP contribution < -0.4 is 5.32 Å². The second-order valence-electron chi connectivity index (χ2n) is 4.57. The van der Waals surface area contributed by atoms with E-state index < -0.39 is 0 Å². The van der Waals surface area contributed by atoms with E-state index in [0.29, 0.717) is 5.02 Å². The molecule has 2 rings (SSSR count). The minimum Gasteiger partial charge on any atom is -0.350 e. The van der Waals surface area contributed by atoms with Crippen LogP contribution >= 0.6 is 11.6 Å². The molecule has 1 N–H and O–H groups in total. The molecule has 0 aliphatic carbocycles. The first-order valence-electron chi connectivity index (χ1n) is 6.09. The third kappa shape index (κ3) is 3.80. The van der Waals surface area contributed by atoms with Crippen molar-refractivity contribution in [1.82, 2.24) is 10.3 Å². The summed E-state index contributed by atoms with van der Waals surface area (Å²) in [5.41, 5.74) is 1.60. The van der Waals surface area contributed by atoms with Crippen LogP contribution in [0.1, 0.15) is 19.5 Å². The maximum atomic E-state index is 11.5. The van der Waals surface area contributed by atoms with Gasteiger partial charge >= 0.3 is 0 Å². The van der Waals surface area contributed by atoms with E-state index in [-0.39, 0.29) is 11.9 Å². The summed E-state index contributed by atoms with van der Waals surface area (Å²) >= 11 is 5.91. The van der Waals surface area contributed by atoms with Crippen LogP contribution in [0.25, 0.3) is 17.0 Å². The van der Waals surface area contributed by atoms with Crippen molar-refractivity contribution in [1.29, 1.82) is 0 Å². The Bertz CT molecular complexity index is 635. The lowest BCUT2D eigenvalue weighted by atomic mass is 10.2. The fourth-order valence-corrected chi connectivity index (χ4v) is 1.88. The van der Waals surface area contributed by atoms with E-state index in [2.05, 4.69) is 10.3 Å². The summed E-state index contributed by atoms with van der Waals surface area (Å²) in [6.45, 7) is 3.84. The van der Waals surface area contributed by atoms with E-state index in [9.17, 15) is 4.79 Å². The van der Waals surface area contributed by atoms with Gasteiger partial charge < -0.3 is 5.32 Å². The number of fused-ring (bicyclic) bond motifs is 1. The van der Waals surface area contributed by atoms with Crippen LogP contribution in [-0.4, -0.2) is 16.9 Å². The zero-order valence-electron chi connectivity index (χ0n) is 10.9. The highest BCUT2D eigenvalue weighted by atomic mass is 35.5. The van der Waals surface area contributed by atoms with E-state index in [0.717, 1.165) is 16.6 Å². The summed E-state index contributed by atoms with van der Waals surface area (Å²) in [6.07, 6.45) is 3.19. The summed E-state index contributed by atoms with van der Waals surface area (Å²) < 4.78 is 0. The predicted octanol–water partition coefficient (Wildman–Crippen LogP) is 3.43. The SMILES string of the molecule is CC(C)NC(=O)/C=C/c1ccc2cc(Cl)ccc2n1. The molecule has 0 aliphatic rings. The minimum absolute atomic E-state index is 0.118. The average Bonchev–Trinajstić information content (AvgIpc) is 2.35. The topological polar surface area (TPSA) is 42.0 Å². The number of carbonyl (C=O) groups is 1. The molecular weight excluding hydrogens is 260 g/mol. The number of benzene rings is 1. The molecule has 0 atom stereocenters. The molecule has 1 aromatic heterocycles. The molecule has 0 unspecified atom stereocenters. The number of aromatic nitrogens is 1. The number of amides is 1. The van der Waals surface area contributed by atoms with Gasteiger partial charge in [0.15, 0.2) is 0 Å². The van der Waals surface area contributed by atoms with Crippen LogP contribution in [0.15, 0.2) is 36.4 Å². The molecule has 1 aromatic carbocycles. The normalized spacial score (nSPS) is 11.4. The second kappa shape index (κ2) is 5.85. The molecule has 0 saturated carbocycles. The molecule has 0 aliphatic heterocycles. The van der Waals surface area contributed by atoms with Crippen LogP contribution in [0.3, 0.4) is 0 Å². The number of hydrogen-bond donors (Lipinski definition) is 1. The Morgan fingerprint density at radius 1 is 1.32 bits per heavy atom. The molecule has 0 radical (unpaired) electrons. The van der Waals surface area contributed by atoms with E-state index in [1.165, 1.54) is 6.08 Å². The first-order valence-corrected chi connectivity index (χ1v) is 6.47. The number of rotatable bonds is 3. The van der Waals surface area contributed by atoms with Crippen LogP contribution in [0.2, 0.25) is 5.02 Å². The third-order valence-electron chi connectivity index (χ3n) is 2.51. The summed E-state index contributed by atoms with van der Waals surface area (Å²) in [5.74, 6) is -0.118. The lowest BCUT2D eigenvalue weighted by Gasteiger charge is -2.04. The van der Waals surface area contributed by atoms with Gasteiger partial charge in [0, 0.05) is 22.5 Å². The van der Waals surface area contributed by atoms with Gasteiger partial charge in [-0.1, -0.05) is 17.7 Å². The van der Waals surface area contributed by atoms with E-state index >= 15 is 0 Å². The van der Waals surface area contributed by atoms with Gasteiger partial charge in [-0.2, -0.15) is 0 Å². The Kier molecular flexibility index (Phi) is 4.17. The Morgan fingerprint density at radius 3 is 2.84 bits per heavy atom. The molecule has 0 saturated heterocycles. The smallest absolute Gasteiger partial charge is 0.244 e. The van der Waals surface area contributed by atoms with Crippen molar-refractivity contribution in [2.45, 2.75) is 19.9 Å².